The van der Waals surface area contributed by atoms with E-state index in [1.165, 1.54) is 36.5 Å². The molecule has 5 aromatic rings. The molecule has 0 spiro atoms. The Hall–Kier alpha value is -5.24. The van der Waals surface area contributed by atoms with Crippen LogP contribution in [0, 0.1) is 34.2 Å². The van der Waals surface area contributed by atoms with Gasteiger partial charge in [-0.1, -0.05) is 6.07 Å². The van der Waals surface area contributed by atoms with Gasteiger partial charge in [0.2, 0.25) is 5.88 Å². The van der Waals surface area contributed by atoms with Gasteiger partial charge in [-0.3, -0.25) is 4.39 Å². The molecule has 1 aliphatic carbocycles. The van der Waals surface area contributed by atoms with Gasteiger partial charge >= 0.3 is 5.97 Å². The molecule has 3 aromatic carbocycles. The number of hydrogen-bond acceptors (Lipinski definition) is 5. The summed E-state index contributed by atoms with van der Waals surface area (Å²) in [5, 5.41) is 18.4. The minimum absolute atomic E-state index is 0.0217. The van der Waals surface area contributed by atoms with E-state index in [0.717, 1.165) is 18.2 Å². The Morgan fingerprint density at radius 3 is 2.48 bits per heavy atom. The van der Waals surface area contributed by atoms with Gasteiger partial charge < -0.3 is 14.4 Å². The van der Waals surface area contributed by atoms with Gasteiger partial charge in [-0.05, 0) is 73.0 Å². The monoisotopic (exact) mass is 600 g/mol. The second-order valence-electron chi connectivity index (χ2n) is 10.9. The zero-order valence-corrected chi connectivity index (χ0v) is 23.2. The number of ether oxygens (including phenoxy) is 1. The van der Waals surface area contributed by atoms with Crippen molar-refractivity contribution < 1.29 is 32.2 Å². The maximum atomic E-state index is 15.6. The standard InChI is InChI=1S/C33H24F4N4O3/c34-17-33(7-8-33)18-41-29-13-20(32(42)43)5-6-28(29)40-30(41)14-24-26(36)11-22(12-27(24)37)23-2-1-9-39-31(23)44-16-21-4-3-19(15-38)10-25(21)35/h1-6,9-13H,7-8,14,16-18H2,(H,42,43). The topological polar surface area (TPSA) is 101 Å². The van der Waals surface area contributed by atoms with Gasteiger partial charge in [0.1, 0.15) is 29.9 Å². The Labute approximate surface area is 249 Å². The fourth-order valence-corrected chi connectivity index (χ4v) is 5.15. The summed E-state index contributed by atoms with van der Waals surface area (Å²) in [6.45, 7) is -0.601. The molecule has 222 valence electrons. The molecule has 0 amide bonds. The van der Waals surface area contributed by atoms with Gasteiger partial charge in [-0.15, -0.1) is 0 Å². The maximum absolute atomic E-state index is 15.6. The van der Waals surface area contributed by atoms with Crippen LogP contribution in [0.2, 0.25) is 0 Å². The van der Waals surface area contributed by atoms with Crippen LogP contribution in [-0.2, 0) is 19.6 Å². The number of carboxylic acid groups (broad SMARTS) is 1. The van der Waals surface area contributed by atoms with Crippen LogP contribution in [0.1, 0.15) is 45.7 Å². The number of benzene rings is 3. The smallest absolute Gasteiger partial charge is 0.335 e. The Morgan fingerprint density at radius 2 is 1.82 bits per heavy atom. The highest BCUT2D eigenvalue weighted by Crippen LogP contribution is 2.48. The van der Waals surface area contributed by atoms with E-state index >= 15 is 8.78 Å². The van der Waals surface area contributed by atoms with Crippen molar-refractivity contribution in [3.8, 4) is 23.1 Å². The summed E-state index contributed by atoms with van der Waals surface area (Å²) in [5.41, 5.74) is 0.784. The number of aromatic nitrogens is 3. The predicted octanol–water partition coefficient (Wildman–Crippen LogP) is 7.00. The van der Waals surface area contributed by atoms with E-state index in [2.05, 4.69) is 9.97 Å². The minimum atomic E-state index is -1.14. The van der Waals surface area contributed by atoms with E-state index in [9.17, 15) is 18.7 Å². The number of nitrogens with zero attached hydrogens (tertiary/aromatic N) is 4. The lowest BCUT2D eigenvalue weighted by molar-refractivity contribution is 0.0697. The molecule has 11 heteroatoms. The highest BCUT2D eigenvalue weighted by molar-refractivity contribution is 5.92. The molecule has 0 unspecified atom stereocenters. The molecule has 1 N–H and O–H groups in total. The molecule has 6 rings (SSSR count). The summed E-state index contributed by atoms with van der Waals surface area (Å²) >= 11 is 0. The molecule has 0 radical (unpaired) electrons. The molecule has 1 aliphatic rings. The minimum Gasteiger partial charge on any atom is -0.478 e. The first kappa shape index (κ1) is 28.9. The van der Waals surface area contributed by atoms with Crippen LogP contribution < -0.4 is 4.74 Å². The maximum Gasteiger partial charge on any atom is 0.335 e. The lowest BCUT2D eigenvalue weighted by Gasteiger charge is -2.16. The quantitative estimate of drug-likeness (QED) is 0.173. The second-order valence-corrected chi connectivity index (χ2v) is 10.9. The van der Waals surface area contributed by atoms with Crippen molar-refractivity contribution in [3.63, 3.8) is 0 Å². The zero-order chi connectivity index (χ0) is 31.0. The van der Waals surface area contributed by atoms with Crippen LogP contribution in [0.3, 0.4) is 0 Å². The SMILES string of the molecule is N#Cc1ccc(COc2ncccc2-c2cc(F)c(Cc3nc4ccc(C(=O)O)cc4n3CC3(CF)CC3)c(F)c2)c(F)c1. The van der Waals surface area contributed by atoms with Crippen molar-refractivity contribution in [3.05, 3.63) is 112 Å². The number of pyridine rings is 1. The number of fused-ring (bicyclic) bond motifs is 1. The molecule has 0 bridgehead atoms. The van der Waals surface area contributed by atoms with E-state index < -0.39 is 35.5 Å². The van der Waals surface area contributed by atoms with E-state index in [1.54, 1.807) is 16.7 Å². The van der Waals surface area contributed by atoms with Crippen LogP contribution in [0.4, 0.5) is 17.6 Å². The third kappa shape index (κ3) is 5.58. The van der Waals surface area contributed by atoms with Crippen LogP contribution in [-0.4, -0.2) is 32.3 Å². The molecule has 1 saturated carbocycles. The average molecular weight is 601 g/mol. The van der Waals surface area contributed by atoms with Gasteiger partial charge in [0.05, 0.1) is 34.9 Å². The van der Waals surface area contributed by atoms with E-state index in [4.69, 9.17) is 10.00 Å². The summed E-state index contributed by atoms with van der Waals surface area (Å²) in [4.78, 5) is 20.3. The first-order chi connectivity index (χ1) is 21.2. The molecule has 2 heterocycles. The number of halogens is 4. The van der Waals surface area contributed by atoms with Crippen LogP contribution in [0.5, 0.6) is 5.88 Å². The van der Waals surface area contributed by atoms with Gasteiger partial charge in [0.25, 0.3) is 0 Å². The van der Waals surface area contributed by atoms with Gasteiger partial charge in [-0.2, -0.15) is 5.26 Å². The van der Waals surface area contributed by atoms with Gasteiger partial charge in [-0.25, -0.2) is 27.9 Å². The fraction of sp³-hybridized carbons (Fsp3) is 0.212. The fourth-order valence-electron chi connectivity index (χ4n) is 5.15. The zero-order valence-electron chi connectivity index (χ0n) is 23.2. The number of carboxylic acids is 1. The summed E-state index contributed by atoms with van der Waals surface area (Å²) in [6, 6.07) is 15.6. The molecular formula is C33H24F4N4O3. The Kier molecular flexibility index (Phi) is 7.51. The molecule has 0 aliphatic heterocycles. The van der Waals surface area contributed by atoms with Crippen molar-refractivity contribution in [1.82, 2.24) is 14.5 Å². The number of imidazole rings is 1. The second kappa shape index (κ2) is 11.4. The number of hydrogen-bond donors (Lipinski definition) is 1. The summed E-state index contributed by atoms with van der Waals surface area (Å²) in [6.07, 6.45) is 2.46. The third-order valence-electron chi connectivity index (χ3n) is 7.91. The first-order valence-corrected chi connectivity index (χ1v) is 13.7. The Balaban J connectivity index is 1.32. The largest absolute Gasteiger partial charge is 0.478 e. The lowest BCUT2D eigenvalue weighted by Crippen LogP contribution is -2.17. The summed E-state index contributed by atoms with van der Waals surface area (Å²) in [7, 11) is 0. The van der Waals surface area contributed by atoms with Crippen molar-refractivity contribution in [1.29, 1.82) is 5.26 Å². The first-order valence-electron chi connectivity index (χ1n) is 13.7. The number of rotatable bonds is 10. The number of nitriles is 1. The lowest BCUT2D eigenvalue weighted by atomic mass is 10.0. The highest BCUT2D eigenvalue weighted by atomic mass is 19.1. The van der Waals surface area contributed by atoms with E-state index in [-0.39, 0.29) is 64.7 Å². The van der Waals surface area contributed by atoms with Gasteiger partial charge in [0.15, 0.2) is 0 Å². The molecular weight excluding hydrogens is 576 g/mol. The van der Waals surface area contributed by atoms with Crippen LogP contribution in [0.15, 0.2) is 66.9 Å². The van der Waals surface area contributed by atoms with Gasteiger partial charge in [0, 0.05) is 41.3 Å². The molecule has 2 aromatic heterocycles. The van der Waals surface area contributed by atoms with Crippen LogP contribution in [0.25, 0.3) is 22.2 Å². The normalized spacial score (nSPS) is 13.5. The van der Waals surface area contributed by atoms with Crippen LogP contribution >= 0.6 is 0 Å². The van der Waals surface area contributed by atoms with E-state index in [0.29, 0.717) is 23.9 Å². The Bertz CT molecular complexity index is 1940. The number of alkyl halides is 1. The van der Waals surface area contributed by atoms with E-state index in [1.807, 2.05) is 6.07 Å². The molecule has 44 heavy (non-hydrogen) atoms. The Morgan fingerprint density at radius 1 is 1.05 bits per heavy atom. The summed E-state index contributed by atoms with van der Waals surface area (Å²) < 4.78 is 66.8. The highest BCUT2D eigenvalue weighted by Gasteiger charge is 2.44. The molecule has 0 saturated heterocycles. The number of aromatic carboxylic acids is 1. The summed E-state index contributed by atoms with van der Waals surface area (Å²) in [5.74, 6) is -3.18. The number of carbonyl (C=O) groups is 1. The molecule has 0 atom stereocenters. The molecule has 7 nitrogen and oxygen atoms in total. The van der Waals surface area contributed by atoms with Crippen molar-refractivity contribution in [2.75, 3.05) is 6.67 Å². The van der Waals surface area contributed by atoms with Crippen molar-refractivity contribution in [2.45, 2.75) is 32.4 Å². The van der Waals surface area contributed by atoms with Crippen molar-refractivity contribution >= 4 is 17.0 Å². The average Bonchev–Trinajstić information content (AvgIpc) is 3.72. The van der Waals surface area contributed by atoms with Crippen molar-refractivity contribution in [2.24, 2.45) is 5.41 Å². The third-order valence-corrected chi connectivity index (χ3v) is 7.91. The molecule has 1 fully saturated rings. The predicted molar refractivity (Wildman–Crippen MR) is 152 cm³/mol.